The van der Waals surface area contributed by atoms with Crippen molar-refractivity contribution in [3.05, 3.63) is 58.7 Å². The molecule has 2 unspecified atom stereocenters. The summed E-state index contributed by atoms with van der Waals surface area (Å²) in [6, 6.07) is 11.2. The highest BCUT2D eigenvalue weighted by atomic mass is 32.2. The molecule has 0 bridgehead atoms. The van der Waals surface area contributed by atoms with Gasteiger partial charge >= 0.3 is 0 Å². The number of aromatic nitrogens is 2. The Bertz CT molecular complexity index is 1200. The fourth-order valence-electron chi connectivity index (χ4n) is 4.33. The Labute approximate surface area is 204 Å². The summed E-state index contributed by atoms with van der Waals surface area (Å²) >= 11 is 1.35. The van der Waals surface area contributed by atoms with Gasteiger partial charge in [-0.1, -0.05) is 12.1 Å². The third-order valence-corrected chi connectivity index (χ3v) is 8.61. The van der Waals surface area contributed by atoms with Crippen LogP contribution in [-0.4, -0.2) is 53.7 Å². The number of ether oxygens (including phenoxy) is 1. The second-order valence-corrected chi connectivity index (χ2v) is 12.7. The maximum absolute atomic E-state index is 11.9. The van der Waals surface area contributed by atoms with Crippen LogP contribution in [0.2, 0.25) is 0 Å². The van der Waals surface area contributed by atoms with E-state index in [9.17, 15) is 18.6 Å². The van der Waals surface area contributed by atoms with Gasteiger partial charge in [-0.05, 0) is 68.9 Å². The van der Waals surface area contributed by atoms with Crippen molar-refractivity contribution in [1.29, 1.82) is 0 Å². The van der Waals surface area contributed by atoms with Crippen molar-refractivity contribution in [1.82, 2.24) is 9.97 Å². The largest absolute Gasteiger partial charge is 0.387 e. The summed E-state index contributed by atoms with van der Waals surface area (Å²) in [5, 5.41) is 21.2. The quantitative estimate of drug-likeness (QED) is 0.422. The molecule has 7 nitrogen and oxygen atoms in total. The molecule has 1 saturated heterocycles. The molecular weight excluding hydrogens is 472 g/mol. The van der Waals surface area contributed by atoms with E-state index in [1.165, 1.54) is 17.6 Å². The van der Waals surface area contributed by atoms with Gasteiger partial charge < -0.3 is 19.9 Å². The first-order chi connectivity index (χ1) is 16.0. The highest BCUT2D eigenvalue weighted by Gasteiger charge is 2.29. The number of aliphatic hydroxyl groups is 2. The summed E-state index contributed by atoms with van der Waals surface area (Å²) in [5.41, 5.74) is 1.69. The first-order valence-electron chi connectivity index (χ1n) is 11.5. The highest BCUT2D eigenvalue weighted by Crippen LogP contribution is 2.37. The third-order valence-electron chi connectivity index (χ3n) is 6.40. The van der Waals surface area contributed by atoms with Gasteiger partial charge in [0.15, 0.2) is 9.84 Å². The van der Waals surface area contributed by atoms with Crippen LogP contribution >= 0.6 is 11.3 Å². The summed E-state index contributed by atoms with van der Waals surface area (Å²) in [6.07, 6.45) is 4.76. The lowest BCUT2D eigenvalue weighted by Crippen LogP contribution is -2.27. The second-order valence-electron chi connectivity index (χ2n) is 9.64. The minimum Gasteiger partial charge on any atom is -0.387 e. The van der Waals surface area contributed by atoms with Crippen LogP contribution in [0.25, 0.3) is 10.7 Å². The maximum Gasteiger partial charge on any atom is 0.175 e. The van der Waals surface area contributed by atoms with Gasteiger partial charge in [-0.15, -0.1) is 11.3 Å². The topological polar surface area (TPSA) is 113 Å². The number of sulfone groups is 1. The molecule has 0 aliphatic carbocycles. The number of hydrogen-bond donors (Lipinski definition) is 3. The molecule has 3 N–H and O–H groups in total. The Kier molecular flexibility index (Phi) is 7.30. The van der Waals surface area contributed by atoms with Gasteiger partial charge in [-0.25, -0.2) is 13.4 Å². The average Bonchev–Trinajstić information content (AvgIpc) is 3.46. The molecule has 2 aromatic heterocycles. The van der Waals surface area contributed by atoms with E-state index in [0.717, 1.165) is 54.4 Å². The van der Waals surface area contributed by atoms with Crippen molar-refractivity contribution in [3.8, 4) is 10.7 Å². The lowest BCUT2D eigenvalue weighted by Gasteiger charge is -2.27. The first-order valence-corrected chi connectivity index (χ1v) is 14.2. The number of nitrogens with zero attached hydrogens (tertiary/aromatic N) is 1. The van der Waals surface area contributed by atoms with Gasteiger partial charge in [0, 0.05) is 37.3 Å². The molecule has 184 valence electrons. The molecule has 0 spiro atoms. The predicted molar refractivity (Wildman–Crippen MR) is 133 cm³/mol. The normalized spacial score (nSPS) is 17.6. The molecule has 4 rings (SSSR count). The summed E-state index contributed by atoms with van der Waals surface area (Å²) in [7, 11) is -3.25. The van der Waals surface area contributed by atoms with E-state index in [1.54, 1.807) is 32.2 Å². The van der Waals surface area contributed by atoms with Gasteiger partial charge in [0.25, 0.3) is 0 Å². The van der Waals surface area contributed by atoms with Crippen LogP contribution in [0.5, 0.6) is 0 Å². The average molecular weight is 505 g/mol. The fraction of sp³-hybridized carbons (Fsp3) is 0.480. The molecule has 1 aromatic carbocycles. The van der Waals surface area contributed by atoms with Crippen molar-refractivity contribution in [2.45, 2.75) is 55.6 Å². The predicted octanol–water partition coefficient (Wildman–Crippen LogP) is 4.29. The molecule has 3 heterocycles. The molecule has 1 aliphatic rings. The van der Waals surface area contributed by atoms with E-state index in [-0.39, 0.29) is 5.92 Å². The van der Waals surface area contributed by atoms with E-state index in [1.807, 2.05) is 18.2 Å². The Balaban J connectivity index is 1.63. The minimum absolute atomic E-state index is 0.0758. The van der Waals surface area contributed by atoms with Crippen molar-refractivity contribution in [2.24, 2.45) is 5.92 Å². The number of thiazole rings is 1. The van der Waals surface area contributed by atoms with Gasteiger partial charge in [-0.3, -0.25) is 0 Å². The number of H-pyrrole nitrogens is 1. The molecule has 2 atom stereocenters. The van der Waals surface area contributed by atoms with Crippen LogP contribution < -0.4 is 0 Å². The zero-order valence-corrected chi connectivity index (χ0v) is 21.3. The highest BCUT2D eigenvalue weighted by molar-refractivity contribution is 7.90. The number of benzene rings is 1. The van der Waals surface area contributed by atoms with Crippen LogP contribution in [0.4, 0.5) is 0 Å². The number of nitrogens with one attached hydrogen (secondary N) is 1. The van der Waals surface area contributed by atoms with E-state index in [2.05, 4.69) is 16.0 Å². The smallest absolute Gasteiger partial charge is 0.175 e. The lowest BCUT2D eigenvalue weighted by molar-refractivity contribution is -0.0479. The van der Waals surface area contributed by atoms with Gasteiger partial charge in [0.1, 0.15) is 11.1 Å². The van der Waals surface area contributed by atoms with Crippen LogP contribution in [0.3, 0.4) is 0 Å². The monoisotopic (exact) mass is 504 g/mol. The molecule has 9 heteroatoms. The fourth-order valence-corrected chi connectivity index (χ4v) is 6.02. The van der Waals surface area contributed by atoms with Crippen molar-refractivity contribution < 1.29 is 23.4 Å². The maximum atomic E-state index is 11.9. The zero-order valence-electron chi connectivity index (χ0n) is 19.7. The first kappa shape index (κ1) is 25.1. The molecule has 3 aromatic rings. The Morgan fingerprint density at radius 3 is 2.47 bits per heavy atom. The number of aromatic amines is 1. The van der Waals surface area contributed by atoms with Crippen LogP contribution in [0.1, 0.15) is 61.3 Å². The summed E-state index contributed by atoms with van der Waals surface area (Å²) in [6.45, 7) is 4.68. The van der Waals surface area contributed by atoms with E-state index in [0.29, 0.717) is 15.7 Å². The van der Waals surface area contributed by atoms with E-state index in [4.69, 9.17) is 4.74 Å². The molecule has 34 heavy (non-hydrogen) atoms. The summed E-state index contributed by atoms with van der Waals surface area (Å²) < 4.78 is 29.4. The molecule has 0 amide bonds. The van der Waals surface area contributed by atoms with Crippen LogP contribution in [0, 0.1) is 5.92 Å². The van der Waals surface area contributed by atoms with Crippen molar-refractivity contribution >= 4 is 21.2 Å². The molecular formula is C25H32N2O5S2. The van der Waals surface area contributed by atoms with Crippen LogP contribution in [0.15, 0.2) is 47.5 Å². The lowest BCUT2D eigenvalue weighted by atomic mass is 9.83. The minimum atomic E-state index is -3.25. The molecule has 1 fully saturated rings. The van der Waals surface area contributed by atoms with Crippen LogP contribution in [-0.2, 0) is 14.6 Å². The number of aliphatic hydroxyl groups excluding tert-OH is 1. The second kappa shape index (κ2) is 9.91. The Morgan fingerprint density at radius 1 is 1.18 bits per heavy atom. The standard InChI is InChI=1S/C25H32N2O5S2/c1-25(2,29)23(28)22-15-26-24(33-22)21-9-8-20(27-21)19(14-16-10-12-32-13-11-16)17-4-6-18(7-5-17)34(3,30)31/h4-9,15-16,19,23,27-29H,10-14H2,1-3H3. The zero-order chi connectivity index (χ0) is 24.5. The van der Waals surface area contributed by atoms with Gasteiger partial charge in [0.2, 0.25) is 0 Å². The molecule has 0 radical (unpaired) electrons. The number of hydrogen-bond acceptors (Lipinski definition) is 7. The van der Waals surface area contributed by atoms with Gasteiger partial charge in [0.05, 0.1) is 21.1 Å². The number of rotatable bonds is 8. The summed E-state index contributed by atoms with van der Waals surface area (Å²) in [5.74, 6) is 0.598. The third kappa shape index (κ3) is 5.78. The van der Waals surface area contributed by atoms with E-state index < -0.39 is 21.5 Å². The van der Waals surface area contributed by atoms with E-state index >= 15 is 0 Å². The van der Waals surface area contributed by atoms with Gasteiger partial charge in [-0.2, -0.15) is 0 Å². The molecule has 1 aliphatic heterocycles. The molecule has 0 saturated carbocycles. The Hall–Kier alpha value is -2.04. The SMILES string of the molecule is CC(C)(O)C(O)c1cnc(-c2ccc(C(CC3CCOCC3)c3ccc(S(C)(=O)=O)cc3)[nH]2)s1. The van der Waals surface area contributed by atoms with Crippen molar-refractivity contribution in [2.75, 3.05) is 19.5 Å². The van der Waals surface area contributed by atoms with Crippen molar-refractivity contribution in [3.63, 3.8) is 0 Å². The summed E-state index contributed by atoms with van der Waals surface area (Å²) in [4.78, 5) is 8.88. The Morgan fingerprint density at radius 2 is 1.85 bits per heavy atom.